The van der Waals surface area contributed by atoms with Crippen molar-refractivity contribution < 1.29 is 4.74 Å². The van der Waals surface area contributed by atoms with E-state index in [1.807, 2.05) is 0 Å². The van der Waals surface area contributed by atoms with Gasteiger partial charge >= 0.3 is 0 Å². The highest BCUT2D eigenvalue weighted by Gasteiger charge is 2.07. The second-order valence-electron chi connectivity index (χ2n) is 4.99. The quantitative estimate of drug-likeness (QED) is 0.494. The van der Waals surface area contributed by atoms with Gasteiger partial charge in [0.05, 0.1) is 0 Å². The summed E-state index contributed by atoms with van der Waals surface area (Å²) >= 11 is 0. The van der Waals surface area contributed by atoms with Crippen LogP contribution < -0.4 is 5.73 Å². The molecule has 0 heterocycles. The molecule has 0 rings (SSSR count). The fourth-order valence-electron chi connectivity index (χ4n) is 2.32. The van der Waals surface area contributed by atoms with Crippen LogP contribution in [0.1, 0.15) is 71.6 Å². The highest BCUT2D eigenvalue weighted by Crippen LogP contribution is 2.21. The van der Waals surface area contributed by atoms with Gasteiger partial charge in [0, 0.05) is 13.2 Å². The van der Waals surface area contributed by atoms with Crippen molar-refractivity contribution >= 4 is 0 Å². The molecule has 2 nitrogen and oxygen atoms in total. The third-order valence-corrected chi connectivity index (χ3v) is 3.39. The molecule has 0 spiro atoms. The normalized spacial score (nSPS) is 12.9. The lowest BCUT2D eigenvalue weighted by Gasteiger charge is -2.16. The van der Waals surface area contributed by atoms with Gasteiger partial charge in [0.15, 0.2) is 0 Å². The van der Waals surface area contributed by atoms with Crippen LogP contribution in [0.3, 0.4) is 0 Å². The van der Waals surface area contributed by atoms with Crippen molar-refractivity contribution in [3.05, 3.63) is 0 Å². The van der Waals surface area contributed by atoms with E-state index in [4.69, 9.17) is 10.5 Å². The minimum atomic E-state index is 0.844. The van der Waals surface area contributed by atoms with Gasteiger partial charge in [-0.2, -0.15) is 0 Å². The fraction of sp³-hybridized carbons (Fsp3) is 1.00. The summed E-state index contributed by atoms with van der Waals surface area (Å²) in [5, 5.41) is 0. The Labute approximate surface area is 108 Å². The average molecular weight is 243 g/mol. The van der Waals surface area contributed by atoms with Crippen molar-refractivity contribution in [1.82, 2.24) is 0 Å². The minimum absolute atomic E-state index is 0.844. The SMILES string of the molecule is CCCCCCC(CCCN)CCCOCC. The van der Waals surface area contributed by atoms with Crippen LogP contribution in [0.5, 0.6) is 0 Å². The van der Waals surface area contributed by atoms with E-state index in [1.165, 1.54) is 57.8 Å². The monoisotopic (exact) mass is 243 g/mol. The third kappa shape index (κ3) is 12.2. The molecule has 0 radical (unpaired) electrons. The van der Waals surface area contributed by atoms with Crippen molar-refractivity contribution in [2.45, 2.75) is 71.6 Å². The molecule has 0 aromatic heterocycles. The molecule has 1 unspecified atom stereocenters. The van der Waals surface area contributed by atoms with E-state index in [9.17, 15) is 0 Å². The fourth-order valence-corrected chi connectivity index (χ4v) is 2.32. The van der Waals surface area contributed by atoms with Crippen LogP contribution in [0.25, 0.3) is 0 Å². The standard InChI is InChI=1S/C15H33NO/c1-3-5-6-7-10-15(11-8-13-16)12-9-14-17-4-2/h15H,3-14,16H2,1-2H3. The van der Waals surface area contributed by atoms with Gasteiger partial charge in [-0.1, -0.05) is 39.0 Å². The van der Waals surface area contributed by atoms with E-state index in [-0.39, 0.29) is 0 Å². The van der Waals surface area contributed by atoms with Gasteiger partial charge in [-0.3, -0.25) is 0 Å². The summed E-state index contributed by atoms with van der Waals surface area (Å²) < 4.78 is 5.41. The maximum Gasteiger partial charge on any atom is 0.0465 e. The number of hydrogen-bond donors (Lipinski definition) is 1. The molecule has 0 bridgehead atoms. The first-order valence-corrected chi connectivity index (χ1v) is 7.62. The van der Waals surface area contributed by atoms with E-state index < -0.39 is 0 Å². The molecule has 2 N–H and O–H groups in total. The topological polar surface area (TPSA) is 35.2 Å². The first-order chi connectivity index (χ1) is 8.35. The van der Waals surface area contributed by atoms with Gasteiger partial charge in [-0.15, -0.1) is 0 Å². The molecule has 0 aliphatic rings. The predicted octanol–water partition coefficient (Wildman–Crippen LogP) is 4.13. The molecule has 0 aromatic carbocycles. The van der Waals surface area contributed by atoms with Crippen LogP contribution in [-0.4, -0.2) is 19.8 Å². The molecular formula is C15H33NO. The molecule has 0 aliphatic heterocycles. The average Bonchev–Trinajstić information content (AvgIpc) is 2.35. The largest absolute Gasteiger partial charge is 0.382 e. The number of ether oxygens (including phenoxy) is 1. The van der Waals surface area contributed by atoms with Crippen molar-refractivity contribution in [3.63, 3.8) is 0 Å². The Balaban J connectivity index is 3.56. The summed E-state index contributed by atoms with van der Waals surface area (Å²) in [4.78, 5) is 0. The Hall–Kier alpha value is -0.0800. The summed E-state index contributed by atoms with van der Waals surface area (Å²) in [7, 11) is 0. The Morgan fingerprint density at radius 2 is 1.59 bits per heavy atom. The van der Waals surface area contributed by atoms with E-state index in [0.29, 0.717) is 0 Å². The molecule has 17 heavy (non-hydrogen) atoms. The van der Waals surface area contributed by atoms with Gasteiger partial charge in [-0.05, 0) is 45.1 Å². The van der Waals surface area contributed by atoms with Crippen LogP contribution in [-0.2, 0) is 4.74 Å². The van der Waals surface area contributed by atoms with Crippen LogP contribution in [0.15, 0.2) is 0 Å². The third-order valence-electron chi connectivity index (χ3n) is 3.39. The highest BCUT2D eigenvalue weighted by atomic mass is 16.5. The highest BCUT2D eigenvalue weighted by molar-refractivity contribution is 4.61. The molecule has 104 valence electrons. The molecule has 0 fully saturated rings. The number of unbranched alkanes of at least 4 members (excludes halogenated alkanes) is 3. The Bertz CT molecular complexity index is 127. The van der Waals surface area contributed by atoms with Crippen molar-refractivity contribution in [3.8, 4) is 0 Å². The summed E-state index contributed by atoms with van der Waals surface area (Å²) in [6, 6.07) is 0. The second kappa shape index (κ2) is 14.0. The van der Waals surface area contributed by atoms with Gasteiger partial charge in [0.1, 0.15) is 0 Å². The van der Waals surface area contributed by atoms with E-state index in [2.05, 4.69) is 13.8 Å². The van der Waals surface area contributed by atoms with Crippen molar-refractivity contribution in [1.29, 1.82) is 0 Å². The molecule has 0 saturated carbocycles. The molecule has 0 saturated heterocycles. The van der Waals surface area contributed by atoms with Crippen LogP contribution >= 0.6 is 0 Å². The molecule has 0 aliphatic carbocycles. The summed E-state index contributed by atoms with van der Waals surface area (Å²) in [6.45, 7) is 6.97. The van der Waals surface area contributed by atoms with Gasteiger partial charge < -0.3 is 10.5 Å². The maximum atomic E-state index is 5.60. The minimum Gasteiger partial charge on any atom is -0.382 e. The first-order valence-electron chi connectivity index (χ1n) is 7.62. The van der Waals surface area contributed by atoms with Gasteiger partial charge in [-0.25, -0.2) is 0 Å². The maximum absolute atomic E-state index is 5.60. The molecule has 0 amide bonds. The van der Waals surface area contributed by atoms with E-state index >= 15 is 0 Å². The summed E-state index contributed by atoms with van der Waals surface area (Å²) in [5.74, 6) is 0.885. The van der Waals surface area contributed by atoms with Crippen LogP contribution in [0.4, 0.5) is 0 Å². The Morgan fingerprint density at radius 1 is 0.882 bits per heavy atom. The van der Waals surface area contributed by atoms with Crippen LogP contribution in [0, 0.1) is 5.92 Å². The van der Waals surface area contributed by atoms with Crippen molar-refractivity contribution in [2.75, 3.05) is 19.8 Å². The Morgan fingerprint density at radius 3 is 2.24 bits per heavy atom. The zero-order valence-corrected chi connectivity index (χ0v) is 12.0. The lowest BCUT2D eigenvalue weighted by atomic mass is 9.92. The van der Waals surface area contributed by atoms with Crippen LogP contribution in [0.2, 0.25) is 0 Å². The van der Waals surface area contributed by atoms with Gasteiger partial charge in [0.25, 0.3) is 0 Å². The summed E-state index contributed by atoms with van der Waals surface area (Å²) in [6.07, 6.45) is 12.0. The lowest BCUT2D eigenvalue weighted by molar-refractivity contribution is 0.138. The zero-order valence-electron chi connectivity index (χ0n) is 12.0. The second-order valence-corrected chi connectivity index (χ2v) is 4.99. The number of nitrogens with two attached hydrogens (primary N) is 1. The molecule has 1 atom stereocenters. The Kier molecular flexibility index (Phi) is 13.9. The smallest absolute Gasteiger partial charge is 0.0465 e. The molecule has 0 aromatic rings. The molecule has 2 heteroatoms. The molecular weight excluding hydrogens is 210 g/mol. The van der Waals surface area contributed by atoms with Crippen molar-refractivity contribution in [2.24, 2.45) is 11.7 Å². The number of hydrogen-bond acceptors (Lipinski definition) is 2. The van der Waals surface area contributed by atoms with Gasteiger partial charge in [0.2, 0.25) is 0 Å². The zero-order chi connectivity index (χ0) is 12.8. The first kappa shape index (κ1) is 16.9. The van der Waals surface area contributed by atoms with E-state index in [1.54, 1.807) is 0 Å². The van der Waals surface area contributed by atoms with E-state index in [0.717, 1.165) is 25.7 Å². The lowest BCUT2D eigenvalue weighted by Crippen LogP contribution is -2.07. The number of rotatable bonds is 13. The summed E-state index contributed by atoms with van der Waals surface area (Å²) in [5.41, 5.74) is 5.60. The predicted molar refractivity (Wildman–Crippen MR) is 76.3 cm³/mol.